The Balaban J connectivity index is 1.42. The van der Waals surface area contributed by atoms with Crippen LogP contribution in [0, 0.1) is 28.6 Å². The maximum atomic E-state index is 13.4. The summed E-state index contributed by atoms with van der Waals surface area (Å²) in [5, 5.41) is 12.4. The van der Waals surface area contributed by atoms with Gasteiger partial charge in [-0.25, -0.2) is 0 Å². The van der Waals surface area contributed by atoms with Crippen molar-refractivity contribution >= 4 is 22.6 Å². The Morgan fingerprint density at radius 2 is 1.67 bits per heavy atom. The number of hydrogen-bond donors (Lipinski definition) is 1. The third-order valence-electron chi connectivity index (χ3n) is 8.86. The second-order valence-electron chi connectivity index (χ2n) is 11.0. The van der Waals surface area contributed by atoms with Crippen LogP contribution in [0.1, 0.15) is 57.6 Å². The van der Waals surface area contributed by atoms with E-state index in [0.717, 1.165) is 32.1 Å². The third kappa shape index (κ3) is 2.23. The van der Waals surface area contributed by atoms with Gasteiger partial charge in [0.05, 0.1) is 16.9 Å². The predicted octanol–water partition coefficient (Wildman–Crippen LogP) is 5.03. The lowest BCUT2D eigenvalue weighted by molar-refractivity contribution is -0.202. The Bertz CT molecular complexity index is 1050. The van der Waals surface area contributed by atoms with Crippen LogP contribution in [0.25, 0.3) is 10.8 Å². The fourth-order valence-electron chi connectivity index (χ4n) is 7.90. The molecule has 1 aliphatic heterocycles. The minimum absolute atomic E-state index is 0.0550. The number of benzene rings is 2. The molecule has 5 fully saturated rings. The van der Waals surface area contributed by atoms with E-state index in [1.54, 1.807) is 0 Å². The smallest absolute Gasteiger partial charge is 0.309 e. The van der Waals surface area contributed by atoms with E-state index in [1.165, 1.54) is 16.3 Å². The normalized spacial score (nSPS) is 38.7. The van der Waals surface area contributed by atoms with Gasteiger partial charge in [-0.15, -0.1) is 0 Å². The van der Waals surface area contributed by atoms with Crippen LogP contribution >= 0.6 is 0 Å². The predicted molar refractivity (Wildman–Crippen MR) is 115 cm³/mol. The summed E-state index contributed by atoms with van der Waals surface area (Å²) in [6.07, 6.45) is 4.50. The monoisotopic (exact) mass is 403 g/mol. The highest BCUT2D eigenvalue weighted by molar-refractivity contribution is 5.94. The molecule has 4 bridgehead atoms. The third-order valence-corrected chi connectivity index (χ3v) is 8.86. The molecule has 4 aliphatic carbocycles. The highest BCUT2D eigenvalue weighted by Crippen LogP contribution is 2.64. The summed E-state index contributed by atoms with van der Waals surface area (Å²) in [5.74, 6) is 0.800. The van der Waals surface area contributed by atoms with E-state index in [1.807, 2.05) is 0 Å². The van der Waals surface area contributed by atoms with Crippen LogP contribution in [0.3, 0.4) is 0 Å². The fraction of sp³-hybridized carbons (Fsp3) is 0.538. The van der Waals surface area contributed by atoms with E-state index in [-0.39, 0.29) is 18.0 Å². The molecule has 0 radical (unpaired) electrons. The van der Waals surface area contributed by atoms with Gasteiger partial charge in [0.1, 0.15) is 0 Å². The zero-order valence-electron chi connectivity index (χ0n) is 17.7. The van der Waals surface area contributed by atoms with Gasteiger partial charge in [-0.3, -0.25) is 9.59 Å². The lowest BCUT2D eigenvalue weighted by atomic mass is 9.47. The molecule has 4 heteroatoms. The molecule has 1 N–H and O–H groups in total. The summed E-state index contributed by atoms with van der Waals surface area (Å²) in [5.41, 5.74) is 0.272. The standard InChI is InChI=1S/C26H29NO3/c1-25(2)22(20-9-5-7-16-6-3-4-8-19(16)20)27(23(25)28)21-17-10-15-11-18(21)14-26(12-15,13-17)24(29)30/h3-9,15,17-18,21-22H,10-14H2,1-2H3,(H,29,30)/t15?,17?,18?,21-,22?,26-. The lowest BCUT2D eigenvalue weighted by Crippen LogP contribution is -2.70. The molecule has 4 nitrogen and oxygen atoms in total. The van der Waals surface area contributed by atoms with Gasteiger partial charge in [0, 0.05) is 6.04 Å². The van der Waals surface area contributed by atoms with Crippen molar-refractivity contribution in [2.45, 2.75) is 58.0 Å². The van der Waals surface area contributed by atoms with Gasteiger partial charge in [-0.05, 0) is 80.0 Å². The highest BCUT2D eigenvalue weighted by Gasteiger charge is 2.65. The van der Waals surface area contributed by atoms with Gasteiger partial charge < -0.3 is 10.0 Å². The Morgan fingerprint density at radius 1 is 1.00 bits per heavy atom. The summed E-state index contributed by atoms with van der Waals surface area (Å²) < 4.78 is 0. The highest BCUT2D eigenvalue weighted by atomic mass is 16.4. The van der Waals surface area contributed by atoms with E-state index in [4.69, 9.17) is 0 Å². The molecular weight excluding hydrogens is 374 g/mol. The molecule has 5 aliphatic rings. The molecule has 3 unspecified atom stereocenters. The number of fused-ring (bicyclic) bond motifs is 1. The number of carbonyl (C=O) groups is 2. The van der Waals surface area contributed by atoms with Crippen molar-refractivity contribution in [2.75, 3.05) is 0 Å². The Labute approximate surface area is 177 Å². The van der Waals surface area contributed by atoms with E-state index in [9.17, 15) is 14.7 Å². The van der Waals surface area contributed by atoms with Crippen molar-refractivity contribution in [1.82, 2.24) is 4.90 Å². The summed E-state index contributed by atoms with van der Waals surface area (Å²) in [6, 6.07) is 15.1. The fourth-order valence-corrected chi connectivity index (χ4v) is 7.90. The van der Waals surface area contributed by atoms with Crippen LogP contribution in [0.2, 0.25) is 0 Å². The van der Waals surface area contributed by atoms with Crippen molar-refractivity contribution in [2.24, 2.45) is 28.6 Å². The molecule has 1 saturated heterocycles. The second kappa shape index (κ2) is 5.87. The van der Waals surface area contributed by atoms with E-state index < -0.39 is 16.8 Å². The number of carboxylic acid groups (broad SMARTS) is 1. The molecule has 0 spiro atoms. The Kier molecular flexibility index (Phi) is 3.60. The number of amides is 1. The molecule has 4 saturated carbocycles. The molecule has 2 aromatic rings. The van der Waals surface area contributed by atoms with Crippen LogP contribution in [0.5, 0.6) is 0 Å². The van der Waals surface area contributed by atoms with Crippen LogP contribution in [0.15, 0.2) is 42.5 Å². The molecule has 30 heavy (non-hydrogen) atoms. The van der Waals surface area contributed by atoms with Gasteiger partial charge >= 0.3 is 5.97 Å². The minimum atomic E-state index is -0.610. The topological polar surface area (TPSA) is 57.6 Å². The van der Waals surface area contributed by atoms with Crippen molar-refractivity contribution < 1.29 is 14.7 Å². The maximum Gasteiger partial charge on any atom is 0.309 e. The molecule has 3 atom stereocenters. The minimum Gasteiger partial charge on any atom is -0.481 e. The average molecular weight is 404 g/mol. The van der Waals surface area contributed by atoms with Gasteiger partial charge in [-0.2, -0.15) is 0 Å². The number of carboxylic acids is 1. The second-order valence-corrected chi connectivity index (χ2v) is 11.0. The van der Waals surface area contributed by atoms with Crippen molar-refractivity contribution in [3.63, 3.8) is 0 Å². The summed E-state index contributed by atoms with van der Waals surface area (Å²) in [7, 11) is 0. The maximum absolute atomic E-state index is 13.4. The molecule has 0 aromatic heterocycles. The van der Waals surface area contributed by atoms with Crippen molar-refractivity contribution in [3.05, 3.63) is 48.0 Å². The molecule has 2 aromatic carbocycles. The first-order valence-electron chi connectivity index (χ1n) is 11.4. The Hall–Kier alpha value is -2.36. The number of nitrogens with zero attached hydrogens (tertiary/aromatic N) is 1. The van der Waals surface area contributed by atoms with Crippen LogP contribution in [0.4, 0.5) is 0 Å². The van der Waals surface area contributed by atoms with Gasteiger partial charge in [0.2, 0.25) is 5.91 Å². The lowest BCUT2D eigenvalue weighted by Gasteiger charge is -2.66. The number of carbonyl (C=O) groups excluding carboxylic acids is 1. The number of rotatable bonds is 3. The van der Waals surface area contributed by atoms with Crippen LogP contribution < -0.4 is 0 Å². The molecule has 1 amide bonds. The summed E-state index contributed by atoms with van der Waals surface area (Å²) in [6.45, 7) is 4.15. The number of aliphatic carboxylic acids is 1. The zero-order chi connectivity index (χ0) is 20.8. The first kappa shape index (κ1) is 18.4. The van der Waals surface area contributed by atoms with E-state index >= 15 is 0 Å². The Morgan fingerprint density at radius 3 is 2.37 bits per heavy atom. The number of likely N-dealkylation sites (tertiary alicyclic amines) is 1. The molecular formula is C26H29NO3. The average Bonchev–Trinajstić information content (AvgIpc) is 2.71. The van der Waals surface area contributed by atoms with Gasteiger partial charge in [0.15, 0.2) is 0 Å². The number of hydrogen-bond acceptors (Lipinski definition) is 2. The largest absolute Gasteiger partial charge is 0.481 e. The molecule has 1 heterocycles. The van der Waals surface area contributed by atoms with Crippen molar-refractivity contribution in [1.29, 1.82) is 0 Å². The molecule has 156 valence electrons. The molecule has 7 rings (SSSR count). The van der Waals surface area contributed by atoms with Crippen LogP contribution in [-0.4, -0.2) is 27.9 Å². The first-order chi connectivity index (χ1) is 14.3. The SMILES string of the molecule is CC1(C)C(=O)N([C@H]2C3CC4CC2C[C@](C(=O)O)(C4)C3)C1c1cccc2ccccc12. The van der Waals surface area contributed by atoms with Gasteiger partial charge in [-0.1, -0.05) is 42.5 Å². The first-order valence-corrected chi connectivity index (χ1v) is 11.4. The van der Waals surface area contributed by atoms with Crippen LogP contribution in [-0.2, 0) is 9.59 Å². The number of β-lactam (4-membered cyclic amide) rings is 1. The van der Waals surface area contributed by atoms with Crippen molar-refractivity contribution in [3.8, 4) is 0 Å². The van der Waals surface area contributed by atoms with Gasteiger partial charge in [0.25, 0.3) is 0 Å². The summed E-state index contributed by atoms with van der Waals surface area (Å²) >= 11 is 0. The van der Waals surface area contributed by atoms with E-state index in [0.29, 0.717) is 17.8 Å². The van der Waals surface area contributed by atoms with E-state index in [2.05, 4.69) is 61.2 Å². The quantitative estimate of drug-likeness (QED) is 0.732. The zero-order valence-corrected chi connectivity index (χ0v) is 17.7. The summed E-state index contributed by atoms with van der Waals surface area (Å²) in [4.78, 5) is 27.8.